The second-order valence-electron chi connectivity index (χ2n) is 5.94. The fraction of sp³-hybridized carbons (Fsp3) is 0.412. The van der Waals surface area contributed by atoms with Crippen molar-refractivity contribution in [3.05, 3.63) is 30.5 Å². The summed E-state index contributed by atoms with van der Waals surface area (Å²) in [6, 6.07) is 7.56. The molecule has 0 spiro atoms. The van der Waals surface area contributed by atoms with Crippen molar-refractivity contribution >= 4 is 22.5 Å². The van der Waals surface area contributed by atoms with Gasteiger partial charge in [0.1, 0.15) is 5.75 Å². The molecule has 1 aromatic carbocycles. The van der Waals surface area contributed by atoms with Crippen LogP contribution in [0.4, 0.5) is 5.69 Å². The molecule has 4 nitrogen and oxygen atoms in total. The standard InChI is InChI=1S/C17H20N2O2/c1-17(9-3-4-10-17)16(20)19-13-7-8-14(21-2)12-6-5-11-18-15(12)13/h5-8,11H,3-4,9-10H2,1-2H3,(H,19,20). The van der Waals surface area contributed by atoms with Crippen molar-refractivity contribution in [1.82, 2.24) is 4.98 Å². The number of amides is 1. The maximum absolute atomic E-state index is 12.6. The lowest BCUT2D eigenvalue weighted by Crippen LogP contribution is -2.30. The topological polar surface area (TPSA) is 51.2 Å². The van der Waals surface area contributed by atoms with E-state index >= 15 is 0 Å². The van der Waals surface area contributed by atoms with Crippen molar-refractivity contribution in [3.63, 3.8) is 0 Å². The molecule has 2 aromatic rings. The van der Waals surface area contributed by atoms with Crippen LogP contribution in [0.25, 0.3) is 10.9 Å². The largest absolute Gasteiger partial charge is 0.496 e. The molecule has 0 aliphatic heterocycles. The summed E-state index contributed by atoms with van der Waals surface area (Å²) in [7, 11) is 1.64. The smallest absolute Gasteiger partial charge is 0.230 e. The van der Waals surface area contributed by atoms with Gasteiger partial charge in [-0.25, -0.2) is 0 Å². The molecule has 1 aromatic heterocycles. The average Bonchev–Trinajstić information content (AvgIpc) is 2.96. The van der Waals surface area contributed by atoms with Gasteiger partial charge in [0.05, 0.1) is 18.3 Å². The minimum absolute atomic E-state index is 0.0946. The summed E-state index contributed by atoms with van der Waals surface area (Å²) in [6.45, 7) is 2.05. The van der Waals surface area contributed by atoms with Crippen LogP contribution in [-0.2, 0) is 4.79 Å². The van der Waals surface area contributed by atoms with Crippen LogP contribution in [0.3, 0.4) is 0 Å². The van der Waals surface area contributed by atoms with Gasteiger partial charge in [0, 0.05) is 17.0 Å². The fourth-order valence-corrected chi connectivity index (χ4v) is 3.08. The van der Waals surface area contributed by atoms with Gasteiger partial charge in [-0.15, -0.1) is 0 Å². The van der Waals surface area contributed by atoms with Crippen LogP contribution in [0.2, 0.25) is 0 Å². The number of hydrogen-bond donors (Lipinski definition) is 1. The summed E-state index contributed by atoms with van der Waals surface area (Å²) >= 11 is 0. The van der Waals surface area contributed by atoms with Gasteiger partial charge in [-0.2, -0.15) is 0 Å². The summed E-state index contributed by atoms with van der Waals surface area (Å²) in [5.41, 5.74) is 1.28. The average molecular weight is 284 g/mol. The van der Waals surface area contributed by atoms with E-state index < -0.39 is 0 Å². The second-order valence-corrected chi connectivity index (χ2v) is 5.94. The van der Waals surface area contributed by atoms with Crippen molar-refractivity contribution in [1.29, 1.82) is 0 Å². The highest BCUT2D eigenvalue weighted by molar-refractivity contribution is 6.04. The van der Waals surface area contributed by atoms with Crippen molar-refractivity contribution in [2.75, 3.05) is 12.4 Å². The number of nitrogens with one attached hydrogen (secondary N) is 1. The van der Waals surface area contributed by atoms with Crippen molar-refractivity contribution in [2.45, 2.75) is 32.6 Å². The molecule has 1 N–H and O–H groups in total. The molecule has 0 bridgehead atoms. The Morgan fingerprint density at radius 1 is 1.29 bits per heavy atom. The number of aromatic nitrogens is 1. The third-order valence-electron chi connectivity index (χ3n) is 4.45. The minimum atomic E-state index is -0.249. The maximum Gasteiger partial charge on any atom is 0.230 e. The van der Waals surface area contributed by atoms with E-state index in [0.29, 0.717) is 0 Å². The molecule has 110 valence electrons. The Morgan fingerprint density at radius 3 is 2.76 bits per heavy atom. The molecule has 1 aliphatic carbocycles. The van der Waals surface area contributed by atoms with Crippen LogP contribution in [0.5, 0.6) is 5.75 Å². The van der Waals surface area contributed by atoms with E-state index in [2.05, 4.69) is 17.2 Å². The molecule has 1 heterocycles. The van der Waals surface area contributed by atoms with Gasteiger partial charge >= 0.3 is 0 Å². The van der Waals surface area contributed by atoms with Crippen molar-refractivity contribution < 1.29 is 9.53 Å². The molecule has 21 heavy (non-hydrogen) atoms. The number of rotatable bonds is 3. The quantitative estimate of drug-likeness (QED) is 0.933. The molecule has 0 saturated heterocycles. The first kappa shape index (κ1) is 13.9. The number of pyridine rings is 1. The normalized spacial score (nSPS) is 16.9. The molecule has 0 atom stereocenters. The molecule has 1 amide bonds. The number of ether oxygens (including phenoxy) is 1. The van der Waals surface area contributed by atoms with Gasteiger partial charge in [0.25, 0.3) is 0 Å². The molecule has 1 fully saturated rings. The van der Waals surface area contributed by atoms with Crippen LogP contribution >= 0.6 is 0 Å². The number of nitrogens with zero attached hydrogens (tertiary/aromatic N) is 1. The third-order valence-corrected chi connectivity index (χ3v) is 4.45. The lowest BCUT2D eigenvalue weighted by Gasteiger charge is -2.22. The van der Waals surface area contributed by atoms with Crippen molar-refractivity contribution in [3.8, 4) is 5.75 Å². The third kappa shape index (κ3) is 2.46. The Labute approximate surface area is 124 Å². The Morgan fingerprint density at radius 2 is 2.05 bits per heavy atom. The van der Waals surface area contributed by atoms with Gasteiger partial charge in [0.15, 0.2) is 0 Å². The van der Waals surface area contributed by atoms with Gasteiger partial charge < -0.3 is 10.1 Å². The fourth-order valence-electron chi connectivity index (χ4n) is 3.08. The second kappa shape index (κ2) is 5.35. The summed E-state index contributed by atoms with van der Waals surface area (Å²) < 4.78 is 5.35. The Balaban J connectivity index is 1.96. The zero-order valence-corrected chi connectivity index (χ0v) is 12.5. The summed E-state index contributed by atoms with van der Waals surface area (Å²) in [4.78, 5) is 17.0. The summed E-state index contributed by atoms with van der Waals surface area (Å²) in [5, 5.41) is 3.97. The zero-order valence-electron chi connectivity index (χ0n) is 12.5. The van der Waals surface area contributed by atoms with E-state index in [0.717, 1.165) is 48.0 Å². The van der Waals surface area contributed by atoms with Crippen molar-refractivity contribution in [2.24, 2.45) is 5.41 Å². The van der Waals surface area contributed by atoms with Gasteiger partial charge in [-0.1, -0.05) is 19.8 Å². The molecular weight excluding hydrogens is 264 g/mol. The monoisotopic (exact) mass is 284 g/mol. The van der Waals surface area contributed by atoms with Crippen LogP contribution in [0.1, 0.15) is 32.6 Å². The van der Waals surface area contributed by atoms with E-state index in [1.807, 2.05) is 24.3 Å². The van der Waals surface area contributed by atoms with E-state index in [4.69, 9.17) is 4.74 Å². The number of carbonyl (C=O) groups excluding carboxylic acids is 1. The summed E-state index contributed by atoms with van der Waals surface area (Å²) in [6.07, 6.45) is 5.91. The lowest BCUT2D eigenvalue weighted by molar-refractivity contribution is -0.124. The number of methoxy groups -OCH3 is 1. The lowest BCUT2D eigenvalue weighted by atomic mass is 9.88. The predicted octanol–water partition coefficient (Wildman–Crippen LogP) is 3.76. The molecule has 1 aliphatic rings. The maximum atomic E-state index is 12.6. The van der Waals surface area contributed by atoms with E-state index in [1.54, 1.807) is 13.3 Å². The molecular formula is C17H20N2O2. The molecule has 0 radical (unpaired) electrons. The number of carbonyl (C=O) groups is 1. The Bertz CT molecular complexity index is 676. The molecule has 3 rings (SSSR count). The first-order valence-electron chi connectivity index (χ1n) is 7.37. The molecule has 4 heteroatoms. The van der Waals surface area contributed by atoms with Gasteiger partial charge in [-0.3, -0.25) is 9.78 Å². The van der Waals surface area contributed by atoms with Crippen LogP contribution in [0, 0.1) is 5.41 Å². The SMILES string of the molecule is COc1ccc(NC(=O)C2(C)CCCC2)c2ncccc12. The number of hydrogen-bond acceptors (Lipinski definition) is 3. The highest BCUT2D eigenvalue weighted by Crippen LogP contribution is 2.39. The van der Waals surface area contributed by atoms with E-state index in [-0.39, 0.29) is 11.3 Å². The Hall–Kier alpha value is -2.10. The predicted molar refractivity (Wildman–Crippen MR) is 83.5 cm³/mol. The highest BCUT2D eigenvalue weighted by atomic mass is 16.5. The first-order valence-corrected chi connectivity index (χ1v) is 7.37. The summed E-state index contributed by atoms with van der Waals surface area (Å²) in [5.74, 6) is 0.861. The zero-order chi connectivity index (χ0) is 14.9. The number of benzene rings is 1. The van der Waals surface area contributed by atoms with Crippen LogP contribution < -0.4 is 10.1 Å². The molecule has 1 saturated carbocycles. The molecule has 0 unspecified atom stereocenters. The first-order chi connectivity index (χ1) is 10.1. The van der Waals surface area contributed by atoms with Crippen LogP contribution in [0.15, 0.2) is 30.5 Å². The van der Waals surface area contributed by atoms with E-state index in [9.17, 15) is 4.79 Å². The Kier molecular flexibility index (Phi) is 3.53. The number of fused-ring (bicyclic) bond motifs is 1. The van der Waals surface area contributed by atoms with Gasteiger partial charge in [0.2, 0.25) is 5.91 Å². The van der Waals surface area contributed by atoms with E-state index in [1.165, 1.54) is 0 Å². The number of anilines is 1. The highest BCUT2D eigenvalue weighted by Gasteiger charge is 2.36. The van der Waals surface area contributed by atoms with Crippen LogP contribution in [-0.4, -0.2) is 18.0 Å². The van der Waals surface area contributed by atoms with Gasteiger partial charge in [-0.05, 0) is 37.1 Å². The minimum Gasteiger partial charge on any atom is -0.496 e.